The van der Waals surface area contributed by atoms with Gasteiger partial charge in [-0.15, -0.1) is 0 Å². The summed E-state index contributed by atoms with van der Waals surface area (Å²) < 4.78 is 1.59. The molecule has 1 atom stereocenters. The molecule has 2 aromatic rings. The van der Waals surface area contributed by atoms with Crippen LogP contribution in [-0.2, 0) is 16.1 Å². The smallest absolute Gasteiger partial charge is 0.235 e. The Balaban J connectivity index is 0.000000924. The van der Waals surface area contributed by atoms with E-state index in [0.717, 1.165) is 5.56 Å². The number of halogens is 1. The lowest BCUT2D eigenvalue weighted by atomic mass is 9.82. The lowest BCUT2D eigenvalue weighted by Crippen LogP contribution is -2.32. The Morgan fingerprint density at radius 1 is 1.30 bits per heavy atom. The van der Waals surface area contributed by atoms with Crippen molar-refractivity contribution in [2.24, 2.45) is 11.3 Å². The number of fused-ring (bicyclic) bond motifs is 1. The van der Waals surface area contributed by atoms with Gasteiger partial charge in [0.2, 0.25) is 11.8 Å². The van der Waals surface area contributed by atoms with Gasteiger partial charge in [-0.2, -0.15) is 5.10 Å². The number of rotatable bonds is 2. The van der Waals surface area contributed by atoms with Gasteiger partial charge in [0.05, 0.1) is 12.0 Å². The van der Waals surface area contributed by atoms with Crippen LogP contribution in [0.4, 0.5) is 0 Å². The molecule has 0 aliphatic carbocycles. The van der Waals surface area contributed by atoms with Crippen LogP contribution in [0.1, 0.15) is 40.2 Å². The molecule has 6 nitrogen and oxygen atoms in total. The number of hydrogen-bond acceptors (Lipinski definition) is 4. The Kier molecular flexibility index (Phi) is 4.75. The fourth-order valence-corrected chi connectivity index (χ4v) is 2.73. The average molecular weight is 337 g/mol. The van der Waals surface area contributed by atoms with E-state index in [1.165, 1.54) is 11.2 Å². The summed E-state index contributed by atoms with van der Waals surface area (Å²) in [5.41, 5.74) is 0.790. The number of aromatic nitrogens is 3. The van der Waals surface area contributed by atoms with Gasteiger partial charge in [0.1, 0.15) is 11.8 Å². The summed E-state index contributed by atoms with van der Waals surface area (Å²) in [5.74, 6) is -0.602. The first-order valence-electron chi connectivity index (χ1n) is 7.66. The molecule has 23 heavy (non-hydrogen) atoms. The molecule has 0 N–H and O–H groups in total. The molecule has 1 aliphatic heterocycles. The van der Waals surface area contributed by atoms with E-state index in [-0.39, 0.29) is 24.3 Å². The van der Waals surface area contributed by atoms with Gasteiger partial charge >= 0.3 is 0 Å². The van der Waals surface area contributed by atoms with Crippen LogP contribution in [0.3, 0.4) is 0 Å². The molecule has 2 amide bonds. The van der Waals surface area contributed by atoms with Crippen molar-refractivity contribution in [1.82, 2.24) is 19.5 Å². The summed E-state index contributed by atoms with van der Waals surface area (Å²) >= 11 is 5.99. The third-order valence-corrected chi connectivity index (χ3v) is 4.56. The Labute approximate surface area is 140 Å². The zero-order chi connectivity index (χ0) is 17.4. The Hall–Kier alpha value is -1.95. The molecule has 7 heteroatoms. The van der Waals surface area contributed by atoms with Gasteiger partial charge in [-0.1, -0.05) is 46.2 Å². The molecule has 1 aliphatic rings. The number of likely N-dealkylation sites (tertiary alicyclic amines) is 1. The molecule has 3 heterocycles. The molecule has 1 fully saturated rings. The summed E-state index contributed by atoms with van der Waals surface area (Å²) in [7, 11) is 0. The summed E-state index contributed by atoms with van der Waals surface area (Å²) in [6, 6.07) is 1.79. The molecule has 1 saturated heterocycles. The van der Waals surface area contributed by atoms with E-state index in [1.807, 2.05) is 13.8 Å². The number of imide groups is 1. The first kappa shape index (κ1) is 17.4. The predicted molar refractivity (Wildman–Crippen MR) is 87.8 cm³/mol. The van der Waals surface area contributed by atoms with E-state index in [1.54, 1.807) is 37.5 Å². The zero-order valence-corrected chi connectivity index (χ0v) is 14.8. The SMILES string of the molecule is CC.CC1C(=O)N(Cc2cc3c(Cl)ncnn3c2)C(=O)C1(C)C. The molecular formula is C16H21ClN4O2. The molecule has 0 saturated carbocycles. The van der Waals surface area contributed by atoms with E-state index in [2.05, 4.69) is 10.1 Å². The Morgan fingerprint density at radius 2 is 1.96 bits per heavy atom. The van der Waals surface area contributed by atoms with Crippen molar-refractivity contribution in [2.75, 3.05) is 0 Å². The maximum Gasteiger partial charge on any atom is 0.235 e. The van der Waals surface area contributed by atoms with Crippen molar-refractivity contribution < 1.29 is 9.59 Å². The lowest BCUT2D eigenvalue weighted by molar-refractivity contribution is -0.141. The molecule has 0 aromatic carbocycles. The number of amides is 2. The first-order valence-corrected chi connectivity index (χ1v) is 8.03. The van der Waals surface area contributed by atoms with Crippen LogP contribution in [0.5, 0.6) is 0 Å². The molecule has 124 valence electrons. The molecule has 0 radical (unpaired) electrons. The van der Waals surface area contributed by atoms with Crippen molar-refractivity contribution >= 4 is 28.9 Å². The normalized spacial score (nSPS) is 19.9. The van der Waals surface area contributed by atoms with Crippen molar-refractivity contribution in [2.45, 2.75) is 41.2 Å². The minimum absolute atomic E-state index is 0.141. The predicted octanol–water partition coefficient (Wildman–Crippen LogP) is 2.94. The van der Waals surface area contributed by atoms with E-state index in [0.29, 0.717) is 10.7 Å². The van der Waals surface area contributed by atoms with Gasteiger partial charge in [-0.05, 0) is 11.6 Å². The number of nitrogens with zero attached hydrogens (tertiary/aromatic N) is 4. The van der Waals surface area contributed by atoms with Crippen molar-refractivity contribution in [3.05, 3.63) is 29.3 Å². The maximum atomic E-state index is 12.4. The van der Waals surface area contributed by atoms with E-state index < -0.39 is 5.41 Å². The molecule has 3 rings (SSSR count). The van der Waals surface area contributed by atoms with E-state index in [4.69, 9.17) is 11.6 Å². The highest BCUT2D eigenvalue weighted by atomic mass is 35.5. The molecular weight excluding hydrogens is 316 g/mol. The van der Waals surface area contributed by atoms with Gasteiger partial charge in [-0.3, -0.25) is 14.5 Å². The summed E-state index contributed by atoms with van der Waals surface area (Å²) in [6.45, 7) is 9.62. The lowest BCUT2D eigenvalue weighted by Gasteiger charge is -2.18. The van der Waals surface area contributed by atoms with Crippen molar-refractivity contribution in [1.29, 1.82) is 0 Å². The molecule has 0 bridgehead atoms. The zero-order valence-electron chi connectivity index (χ0n) is 14.0. The highest BCUT2D eigenvalue weighted by Crippen LogP contribution is 2.38. The first-order chi connectivity index (χ1) is 10.8. The Morgan fingerprint density at radius 3 is 2.48 bits per heavy atom. The third kappa shape index (κ3) is 2.83. The topological polar surface area (TPSA) is 67.6 Å². The quantitative estimate of drug-likeness (QED) is 0.791. The van der Waals surface area contributed by atoms with Gasteiger partial charge in [-0.25, -0.2) is 9.50 Å². The molecule has 1 unspecified atom stereocenters. The third-order valence-electron chi connectivity index (χ3n) is 4.27. The van der Waals surface area contributed by atoms with Crippen molar-refractivity contribution in [3.8, 4) is 0 Å². The van der Waals surface area contributed by atoms with Crippen LogP contribution in [-0.4, -0.2) is 31.3 Å². The monoisotopic (exact) mass is 336 g/mol. The van der Waals surface area contributed by atoms with Crippen LogP contribution in [0.15, 0.2) is 18.6 Å². The number of carbonyl (C=O) groups is 2. The van der Waals surface area contributed by atoms with Gasteiger partial charge in [0.15, 0.2) is 5.15 Å². The minimum atomic E-state index is -0.659. The van der Waals surface area contributed by atoms with Crippen LogP contribution >= 0.6 is 11.6 Å². The summed E-state index contributed by atoms with van der Waals surface area (Å²) in [6.07, 6.45) is 3.11. The maximum absolute atomic E-state index is 12.4. The second-order valence-corrected chi connectivity index (χ2v) is 6.26. The minimum Gasteiger partial charge on any atom is -0.277 e. The van der Waals surface area contributed by atoms with E-state index >= 15 is 0 Å². The molecule has 0 spiro atoms. The molecule has 2 aromatic heterocycles. The highest BCUT2D eigenvalue weighted by molar-refractivity contribution is 6.32. The largest absolute Gasteiger partial charge is 0.277 e. The average Bonchev–Trinajstić information content (AvgIpc) is 3.01. The van der Waals surface area contributed by atoms with Gasteiger partial charge in [0, 0.05) is 12.1 Å². The second-order valence-electron chi connectivity index (χ2n) is 5.90. The van der Waals surface area contributed by atoms with Crippen LogP contribution in [0.2, 0.25) is 5.15 Å². The standard InChI is InChI=1S/C14H15ClN4O2.C2H6/c1-8-12(20)18(13(21)14(8,2)3)5-9-4-10-11(15)16-7-17-19(10)6-9;1-2/h4,6-8H,5H2,1-3H3;1-2H3. The van der Waals surface area contributed by atoms with Gasteiger partial charge < -0.3 is 0 Å². The fraction of sp³-hybridized carbons (Fsp3) is 0.500. The number of hydrogen-bond donors (Lipinski definition) is 0. The second kappa shape index (κ2) is 6.28. The number of carbonyl (C=O) groups excluding carboxylic acids is 2. The van der Waals surface area contributed by atoms with Crippen LogP contribution in [0.25, 0.3) is 5.52 Å². The fourth-order valence-electron chi connectivity index (χ4n) is 2.55. The van der Waals surface area contributed by atoms with E-state index in [9.17, 15) is 9.59 Å². The highest BCUT2D eigenvalue weighted by Gasteiger charge is 2.50. The van der Waals surface area contributed by atoms with Crippen LogP contribution < -0.4 is 0 Å². The van der Waals surface area contributed by atoms with Crippen molar-refractivity contribution in [3.63, 3.8) is 0 Å². The summed E-state index contributed by atoms with van der Waals surface area (Å²) in [5, 5.41) is 4.39. The summed E-state index contributed by atoms with van der Waals surface area (Å²) in [4.78, 5) is 29.9. The van der Waals surface area contributed by atoms with Gasteiger partial charge in [0.25, 0.3) is 0 Å². The van der Waals surface area contributed by atoms with Crippen LogP contribution in [0, 0.1) is 11.3 Å². The Bertz CT molecular complexity index is 754.